The molecule has 0 heterocycles. The molecule has 0 aliphatic carbocycles. The van der Waals surface area contributed by atoms with Crippen LogP contribution in [0.4, 0.5) is 0 Å². The molecule has 0 aliphatic heterocycles. The second-order valence-electron chi connectivity index (χ2n) is 10.7. The van der Waals surface area contributed by atoms with Crippen molar-refractivity contribution >= 4 is 23.8 Å². The van der Waals surface area contributed by atoms with Crippen LogP contribution in [0.3, 0.4) is 0 Å². The zero-order chi connectivity index (χ0) is 30.4. The minimum Gasteiger partial charge on any atom is -0.481 e. The van der Waals surface area contributed by atoms with Crippen LogP contribution in [0, 0.1) is 0 Å². The van der Waals surface area contributed by atoms with Gasteiger partial charge in [0, 0.05) is 32.4 Å². The second-order valence-corrected chi connectivity index (χ2v) is 10.7. The molecule has 0 saturated heterocycles. The summed E-state index contributed by atoms with van der Waals surface area (Å²) < 4.78 is 0. The van der Waals surface area contributed by atoms with Gasteiger partial charge in [-0.1, -0.05) is 117 Å². The number of nitrogens with zero attached hydrogens (tertiary/aromatic N) is 1. The van der Waals surface area contributed by atoms with Crippen molar-refractivity contribution in [1.29, 1.82) is 0 Å². The number of nitrogens with two attached hydrogens (primary N) is 2. The molecule has 0 aliphatic rings. The minimum absolute atomic E-state index is 0.121. The molecule has 9 heteroatoms. The van der Waals surface area contributed by atoms with Gasteiger partial charge >= 0.3 is 11.9 Å². The molecule has 0 fully saturated rings. The van der Waals surface area contributed by atoms with Crippen LogP contribution in [0.15, 0.2) is 0 Å². The van der Waals surface area contributed by atoms with Gasteiger partial charge in [0.2, 0.25) is 11.8 Å². The fraction of sp³-hybridized carbons (Fsp3) is 0.871. The van der Waals surface area contributed by atoms with Crippen LogP contribution in [0.25, 0.3) is 0 Å². The minimum atomic E-state index is -1.42. The Bertz CT molecular complexity index is 609. The molecule has 236 valence electrons. The van der Waals surface area contributed by atoms with Crippen molar-refractivity contribution in [1.82, 2.24) is 4.90 Å². The molecule has 0 rings (SSSR count). The predicted octanol–water partition coefficient (Wildman–Crippen LogP) is 6.41. The van der Waals surface area contributed by atoms with Gasteiger partial charge in [-0.05, 0) is 19.3 Å². The van der Waals surface area contributed by atoms with Crippen LogP contribution in [0.1, 0.15) is 155 Å². The summed E-state index contributed by atoms with van der Waals surface area (Å²) in [7, 11) is 0. The molecule has 0 unspecified atom stereocenters. The summed E-state index contributed by atoms with van der Waals surface area (Å²) in [5.41, 5.74) is 9.81. The molecule has 0 aromatic heterocycles. The third-order valence-electron chi connectivity index (χ3n) is 6.92. The first-order valence-corrected chi connectivity index (χ1v) is 16.0. The van der Waals surface area contributed by atoms with Gasteiger partial charge in [0.15, 0.2) is 0 Å². The number of carbonyl (C=O) groups is 4. The topological polar surface area (TPSA) is 164 Å². The summed E-state index contributed by atoms with van der Waals surface area (Å²) in [4.78, 5) is 49.6. The Hall–Kier alpha value is -2.00. The van der Waals surface area contributed by atoms with Gasteiger partial charge in [-0.15, -0.1) is 0 Å². The van der Waals surface area contributed by atoms with Gasteiger partial charge in [0.25, 0.3) is 0 Å². The van der Waals surface area contributed by atoms with E-state index in [-0.39, 0.29) is 19.3 Å². The first-order valence-electron chi connectivity index (χ1n) is 16.0. The molecule has 0 saturated carbocycles. The zero-order valence-corrected chi connectivity index (χ0v) is 25.7. The average molecular weight is 572 g/mol. The summed E-state index contributed by atoms with van der Waals surface area (Å²) in [5, 5.41) is 18.7. The van der Waals surface area contributed by atoms with E-state index in [1.54, 1.807) is 0 Å². The van der Waals surface area contributed by atoms with Gasteiger partial charge < -0.3 is 21.7 Å². The number of rotatable bonds is 26. The Kier molecular flexibility index (Phi) is 30.1. The number of aliphatic carboxylic acids is 2. The Labute approximate surface area is 243 Å². The van der Waals surface area contributed by atoms with Gasteiger partial charge in [0.1, 0.15) is 6.04 Å². The Morgan fingerprint density at radius 2 is 0.875 bits per heavy atom. The lowest BCUT2D eigenvalue weighted by Crippen LogP contribution is -2.48. The number of unbranched alkanes of at least 4 members (excludes halogenated alkanes) is 16. The standard InChI is InChI=1S/C29H53NO6.C2H8N2/c1-3-5-7-9-11-13-15-17-19-21-26(31)30(25(29(35)36)23-24-28(33)34)27(32)22-20-18-16-14-12-10-8-6-4-2;3-1-2-4/h25H,3-24H2,1-2H3,(H,33,34)(H,35,36);1-4H2/t25-;/m0./s1. The summed E-state index contributed by atoms with van der Waals surface area (Å²) in [6.45, 7) is 5.58. The highest BCUT2D eigenvalue weighted by molar-refractivity contribution is 5.99. The Morgan fingerprint density at radius 1 is 0.550 bits per heavy atom. The second kappa shape index (κ2) is 30.0. The van der Waals surface area contributed by atoms with Crippen molar-refractivity contribution in [2.45, 2.75) is 161 Å². The molecule has 0 bridgehead atoms. The van der Waals surface area contributed by atoms with E-state index in [9.17, 15) is 24.3 Å². The van der Waals surface area contributed by atoms with E-state index >= 15 is 0 Å². The van der Waals surface area contributed by atoms with Crippen molar-refractivity contribution in [2.24, 2.45) is 11.5 Å². The first-order chi connectivity index (χ1) is 19.3. The van der Waals surface area contributed by atoms with Crippen LogP contribution in [0.5, 0.6) is 0 Å². The smallest absolute Gasteiger partial charge is 0.326 e. The zero-order valence-electron chi connectivity index (χ0n) is 25.7. The average Bonchev–Trinajstić information content (AvgIpc) is 2.93. The fourth-order valence-corrected chi connectivity index (χ4v) is 4.52. The first kappa shape index (κ1) is 40.1. The lowest BCUT2D eigenvalue weighted by atomic mass is 10.0. The van der Waals surface area contributed by atoms with Crippen LogP contribution in [-0.4, -0.2) is 58.0 Å². The molecule has 0 aromatic carbocycles. The number of carboxylic acids is 2. The van der Waals surface area contributed by atoms with Crippen molar-refractivity contribution in [2.75, 3.05) is 13.1 Å². The SMILES string of the molecule is CCCCCCCCCCCC(=O)N(C(=O)CCCCCCCCCCC)[C@@H](CCC(=O)O)C(=O)O.NCCN. The van der Waals surface area contributed by atoms with E-state index in [0.717, 1.165) is 43.4 Å². The number of amides is 2. The molecule has 0 spiro atoms. The van der Waals surface area contributed by atoms with E-state index in [2.05, 4.69) is 13.8 Å². The molecule has 1 atom stereocenters. The Morgan fingerprint density at radius 3 is 1.15 bits per heavy atom. The fourth-order valence-electron chi connectivity index (χ4n) is 4.52. The number of imide groups is 1. The van der Waals surface area contributed by atoms with Gasteiger partial charge in [-0.3, -0.25) is 19.3 Å². The van der Waals surface area contributed by atoms with E-state index in [0.29, 0.717) is 25.9 Å². The molecule has 6 N–H and O–H groups in total. The highest BCUT2D eigenvalue weighted by Crippen LogP contribution is 2.18. The number of hydrogen-bond acceptors (Lipinski definition) is 6. The van der Waals surface area contributed by atoms with E-state index < -0.39 is 36.2 Å². The number of hydrogen-bond donors (Lipinski definition) is 4. The number of carbonyl (C=O) groups excluding carboxylic acids is 2. The maximum Gasteiger partial charge on any atom is 0.326 e. The van der Waals surface area contributed by atoms with Crippen molar-refractivity contribution in [3.05, 3.63) is 0 Å². The molecular formula is C31H61N3O6. The lowest BCUT2D eigenvalue weighted by Gasteiger charge is -2.27. The third-order valence-corrected chi connectivity index (χ3v) is 6.92. The maximum atomic E-state index is 12.9. The molecule has 0 aromatic rings. The summed E-state index contributed by atoms with van der Waals surface area (Å²) in [5.74, 6) is -3.44. The van der Waals surface area contributed by atoms with Gasteiger partial charge in [-0.2, -0.15) is 0 Å². The summed E-state index contributed by atoms with van der Waals surface area (Å²) in [6, 6.07) is -1.42. The largest absolute Gasteiger partial charge is 0.481 e. The molecule has 2 amide bonds. The highest BCUT2D eigenvalue weighted by atomic mass is 16.4. The van der Waals surface area contributed by atoms with Crippen molar-refractivity contribution < 1.29 is 29.4 Å². The van der Waals surface area contributed by atoms with Crippen LogP contribution in [0.2, 0.25) is 0 Å². The van der Waals surface area contributed by atoms with Crippen molar-refractivity contribution in [3.63, 3.8) is 0 Å². The molecule has 40 heavy (non-hydrogen) atoms. The van der Waals surface area contributed by atoms with E-state index in [4.69, 9.17) is 16.6 Å². The highest BCUT2D eigenvalue weighted by Gasteiger charge is 2.34. The lowest BCUT2D eigenvalue weighted by molar-refractivity contribution is -0.159. The van der Waals surface area contributed by atoms with Crippen LogP contribution < -0.4 is 11.5 Å². The monoisotopic (exact) mass is 571 g/mol. The maximum absolute atomic E-state index is 12.9. The van der Waals surface area contributed by atoms with Crippen LogP contribution in [-0.2, 0) is 19.2 Å². The van der Waals surface area contributed by atoms with Gasteiger partial charge in [-0.25, -0.2) is 4.79 Å². The normalized spacial score (nSPS) is 11.4. The van der Waals surface area contributed by atoms with Crippen LogP contribution >= 0.6 is 0 Å². The molecule has 0 radical (unpaired) electrons. The van der Waals surface area contributed by atoms with E-state index in [1.807, 2.05) is 0 Å². The van der Waals surface area contributed by atoms with Gasteiger partial charge in [0.05, 0.1) is 0 Å². The number of carboxylic acid groups (broad SMARTS) is 2. The molecule has 9 nitrogen and oxygen atoms in total. The summed E-state index contributed by atoms with van der Waals surface area (Å²) in [6.07, 6.45) is 19.2. The predicted molar refractivity (Wildman–Crippen MR) is 162 cm³/mol. The van der Waals surface area contributed by atoms with Crippen molar-refractivity contribution in [3.8, 4) is 0 Å². The quantitative estimate of drug-likeness (QED) is 0.0865. The molecular weight excluding hydrogens is 510 g/mol. The van der Waals surface area contributed by atoms with E-state index in [1.165, 1.54) is 64.2 Å². The Balaban J connectivity index is 0. The summed E-state index contributed by atoms with van der Waals surface area (Å²) >= 11 is 0. The third kappa shape index (κ3) is 25.0.